The predicted octanol–water partition coefficient (Wildman–Crippen LogP) is 4.21. The van der Waals surface area contributed by atoms with Gasteiger partial charge in [-0.05, 0) is 78.9 Å². The lowest BCUT2D eigenvalue weighted by molar-refractivity contribution is -0.152. The number of hydrogen-bond acceptors (Lipinski definition) is 2. The van der Waals surface area contributed by atoms with E-state index in [1.165, 1.54) is 25.7 Å². The van der Waals surface area contributed by atoms with Crippen LogP contribution in [0.1, 0.15) is 72.1 Å². The van der Waals surface area contributed by atoms with Crippen molar-refractivity contribution in [1.29, 1.82) is 0 Å². The molecule has 0 heterocycles. The van der Waals surface area contributed by atoms with E-state index < -0.39 is 0 Å². The minimum absolute atomic E-state index is 0.0766. The van der Waals surface area contributed by atoms with Gasteiger partial charge in [-0.25, -0.2) is 0 Å². The average Bonchev–Trinajstić information content (AvgIpc) is 2.77. The fourth-order valence-corrected chi connectivity index (χ4v) is 7.49. The lowest BCUT2D eigenvalue weighted by atomic mass is 9.43. The zero-order chi connectivity index (χ0) is 15.7. The third-order valence-corrected chi connectivity index (χ3v) is 8.80. The predicted molar refractivity (Wildman–Crippen MR) is 87.3 cm³/mol. The maximum atomic E-state index is 12.0. The summed E-state index contributed by atoms with van der Waals surface area (Å²) in [5.41, 5.74) is 0.555. The Morgan fingerprint density at radius 1 is 1.00 bits per heavy atom. The van der Waals surface area contributed by atoms with Gasteiger partial charge in [0.15, 0.2) is 0 Å². The van der Waals surface area contributed by atoms with Crippen molar-refractivity contribution in [3.8, 4) is 0 Å². The Morgan fingerprint density at radius 2 is 1.73 bits per heavy atom. The van der Waals surface area contributed by atoms with Gasteiger partial charge in [0.2, 0.25) is 0 Å². The van der Waals surface area contributed by atoms with Crippen molar-refractivity contribution in [1.82, 2.24) is 0 Å². The molecule has 2 heteroatoms. The molecule has 124 valence electrons. The quantitative estimate of drug-likeness (QED) is 0.728. The molecule has 4 aliphatic rings. The highest BCUT2D eigenvalue weighted by atomic mass is 16.3. The lowest BCUT2D eigenvalue weighted by Crippen LogP contribution is -2.56. The van der Waals surface area contributed by atoms with Crippen LogP contribution >= 0.6 is 0 Å². The Bertz CT molecular complexity index is 486. The number of carbonyl (C=O) groups excluding carboxylic acids is 1. The number of aliphatic hydroxyl groups is 1. The number of rotatable bonds is 0. The standard InChI is InChI=1S/C20H32O2/c1-12-10-14-15-4-5-18(22)20(15,3)9-7-16(14)19(2)8-6-13(21)11-17(12)19/h12,14-18,22H,4-11H2,1-3H3/t12-,14+,15+,16+,17-,18-,19-,20+/m1/s1. The van der Waals surface area contributed by atoms with Crippen LogP contribution in [0.25, 0.3) is 0 Å². The smallest absolute Gasteiger partial charge is 0.133 e. The Morgan fingerprint density at radius 3 is 2.50 bits per heavy atom. The van der Waals surface area contributed by atoms with E-state index in [1.54, 1.807) is 0 Å². The summed E-state index contributed by atoms with van der Waals surface area (Å²) in [6.07, 6.45) is 8.71. The molecule has 0 amide bonds. The molecule has 0 spiro atoms. The topological polar surface area (TPSA) is 37.3 Å². The summed E-state index contributed by atoms with van der Waals surface area (Å²) in [4.78, 5) is 12.0. The molecule has 4 aliphatic carbocycles. The summed E-state index contributed by atoms with van der Waals surface area (Å²) in [5, 5.41) is 10.5. The highest BCUT2D eigenvalue weighted by Gasteiger charge is 2.61. The number of hydrogen-bond donors (Lipinski definition) is 1. The Kier molecular flexibility index (Phi) is 3.32. The van der Waals surface area contributed by atoms with Gasteiger partial charge >= 0.3 is 0 Å². The largest absolute Gasteiger partial charge is 0.393 e. The van der Waals surface area contributed by atoms with E-state index in [1.807, 2.05) is 0 Å². The highest BCUT2D eigenvalue weighted by Crippen LogP contribution is 2.66. The molecule has 0 radical (unpaired) electrons. The average molecular weight is 304 g/mol. The van der Waals surface area contributed by atoms with Gasteiger partial charge in [-0.3, -0.25) is 4.79 Å². The van der Waals surface area contributed by atoms with Gasteiger partial charge in [0.1, 0.15) is 5.78 Å². The Balaban J connectivity index is 1.68. The van der Waals surface area contributed by atoms with Crippen molar-refractivity contribution in [2.75, 3.05) is 0 Å². The molecule has 0 saturated heterocycles. The van der Waals surface area contributed by atoms with Crippen molar-refractivity contribution in [2.24, 2.45) is 40.4 Å². The van der Waals surface area contributed by atoms with Crippen LogP contribution in [-0.4, -0.2) is 17.0 Å². The van der Waals surface area contributed by atoms with Crippen molar-refractivity contribution < 1.29 is 9.90 Å². The van der Waals surface area contributed by atoms with Crippen LogP contribution in [0.2, 0.25) is 0 Å². The van der Waals surface area contributed by atoms with E-state index in [0.29, 0.717) is 23.0 Å². The first-order valence-electron chi connectivity index (χ1n) is 9.56. The van der Waals surface area contributed by atoms with Crippen LogP contribution in [0.3, 0.4) is 0 Å². The van der Waals surface area contributed by atoms with Crippen LogP contribution < -0.4 is 0 Å². The van der Waals surface area contributed by atoms with E-state index in [9.17, 15) is 9.90 Å². The molecule has 2 nitrogen and oxygen atoms in total. The van der Waals surface area contributed by atoms with E-state index in [0.717, 1.165) is 43.4 Å². The molecule has 4 saturated carbocycles. The molecule has 0 unspecified atom stereocenters. The van der Waals surface area contributed by atoms with E-state index in [4.69, 9.17) is 0 Å². The number of fused-ring (bicyclic) bond motifs is 5. The molecule has 4 fully saturated rings. The third-order valence-electron chi connectivity index (χ3n) is 8.80. The van der Waals surface area contributed by atoms with Gasteiger partial charge in [0.05, 0.1) is 6.10 Å². The van der Waals surface area contributed by atoms with E-state index in [2.05, 4.69) is 20.8 Å². The van der Waals surface area contributed by atoms with Gasteiger partial charge in [-0.2, -0.15) is 0 Å². The molecule has 0 aromatic rings. The Labute approximate surface area is 135 Å². The molecular weight excluding hydrogens is 272 g/mol. The first kappa shape index (κ1) is 15.2. The van der Waals surface area contributed by atoms with Crippen LogP contribution in [-0.2, 0) is 4.79 Å². The summed E-state index contributed by atoms with van der Waals surface area (Å²) >= 11 is 0. The number of aliphatic hydroxyl groups excluding tert-OH is 1. The summed E-state index contributed by atoms with van der Waals surface area (Å²) in [7, 11) is 0. The molecule has 0 bridgehead atoms. The maximum Gasteiger partial charge on any atom is 0.133 e. The minimum Gasteiger partial charge on any atom is -0.393 e. The second-order valence-corrected chi connectivity index (χ2v) is 9.58. The third kappa shape index (κ3) is 1.85. The summed E-state index contributed by atoms with van der Waals surface area (Å²) in [5.74, 6) is 4.11. The van der Waals surface area contributed by atoms with Gasteiger partial charge in [-0.1, -0.05) is 20.8 Å². The van der Waals surface area contributed by atoms with Crippen molar-refractivity contribution in [3.05, 3.63) is 0 Å². The number of ketones is 1. The number of Topliss-reactive ketones (excluding diaryl/α,β-unsaturated/α-hetero) is 1. The molecule has 0 aromatic heterocycles. The minimum atomic E-state index is -0.0766. The van der Waals surface area contributed by atoms with Gasteiger partial charge < -0.3 is 5.11 Å². The second-order valence-electron chi connectivity index (χ2n) is 9.58. The highest BCUT2D eigenvalue weighted by molar-refractivity contribution is 5.79. The molecule has 4 rings (SSSR count). The van der Waals surface area contributed by atoms with E-state index in [-0.39, 0.29) is 11.5 Å². The molecular formula is C20H32O2. The van der Waals surface area contributed by atoms with Crippen molar-refractivity contribution >= 4 is 5.78 Å². The van der Waals surface area contributed by atoms with Gasteiger partial charge in [0, 0.05) is 12.8 Å². The monoisotopic (exact) mass is 304 g/mol. The SMILES string of the molecule is C[C@@H]1C[C@@H]2[C@H](CC[C@]3(C)[C@H](O)CC[C@@H]23)[C@@]2(C)CCC(=O)C[C@H]12. The summed E-state index contributed by atoms with van der Waals surface area (Å²) in [6.45, 7) is 7.26. The summed E-state index contributed by atoms with van der Waals surface area (Å²) < 4.78 is 0. The van der Waals surface area contributed by atoms with Crippen LogP contribution in [0, 0.1) is 40.4 Å². The second kappa shape index (κ2) is 4.82. The molecule has 1 N–H and O–H groups in total. The van der Waals surface area contributed by atoms with Crippen LogP contribution in [0.15, 0.2) is 0 Å². The van der Waals surface area contributed by atoms with E-state index >= 15 is 0 Å². The van der Waals surface area contributed by atoms with Gasteiger partial charge in [0.25, 0.3) is 0 Å². The maximum absolute atomic E-state index is 12.0. The zero-order valence-corrected chi connectivity index (χ0v) is 14.5. The lowest BCUT2D eigenvalue weighted by Gasteiger charge is -2.61. The normalized spacial score (nSPS) is 57.9. The van der Waals surface area contributed by atoms with Gasteiger partial charge in [-0.15, -0.1) is 0 Å². The van der Waals surface area contributed by atoms with Crippen LogP contribution in [0.5, 0.6) is 0 Å². The number of carbonyl (C=O) groups is 1. The zero-order valence-electron chi connectivity index (χ0n) is 14.5. The van der Waals surface area contributed by atoms with Crippen molar-refractivity contribution in [3.63, 3.8) is 0 Å². The first-order chi connectivity index (χ1) is 10.4. The summed E-state index contributed by atoms with van der Waals surface area (Å²) in [6, 6.07) is 0. The first-order valence-corrected chi connectivity index (χ1v) is 9.56. The molecule has 22 heavy (non-hydrogen) atoms. The molecule has 0 aromatic carbocycles. The molecule has 8 atom stereocenters. The molecule has 0 aliphatic heterocycles. The van der Waals surface area contributed by atoms with Crippen molar-refractivity contribution in [2.45, 2.75) is 78.2 Å². The fraction of sp³-hybridized carbons (Fsp3) is 0.950. The Hall–Kier alpha value is -0.370. The van der Waals surface area contributed by atoms with Crippen LogP contribution in [0.4, 0.5) is 0 Å². The fourth-order valence-electron chi connectivity index (χ4n) is 7.49.